The van der Waals surface area contributed by atoms with Gasteiger partial charge in [-0.2, -0.15) is 0 Å². The Morgan fingerprint density at radius 2 is 2.07 bits per heavy atom. The van der Waals surface area contributed by atoms with E-state index in [9.17, 15) is 4.79 Å². The highest BCUT2D eigenvalue weighted by Crippen LogP contribution is 2.02. The topological polar surface area (TPSA) is 58.4 Å². The van der Waals surface area contributed by atoms with Crippen molar-refractivity contribution in [2.75, 3.05) is 27.2 Å². The molecule has 0 saturated carbocycles. The van der Waals surface area contributed by atoms with E-state index in [0.29, 0.717) is 0 Å². The molecule has 0 aliphatic carbocycles. The van der Waals surface area contributed by atoms with Crippen molar-refractivity contribution in [3.8, 4) is 0 Å². The highest BCUT2D eigenvalue weighted by Gasteiger charge is 2.20. The summed E-state index contributed by atoms with van der Waals surface area (Å²) in [5.74, 6) is 0.241. The summed E-state index contributed by atoms with van der Waals surface area (Å²) >= 11 is 0. The maximum Gasteiger partial charge on any atom is 0.239 e. The molecule has 0 aromatic carbocycles. The Hall–Kier alpha value is -0.610. The molecule has 0 bridgehead atoms. The van der Waals surface area contributed by atoms with Gasteiger partial charge >= 0.3 is 0 Å². The van der Waals surface area contributed by atoms with E-state index in [1.165, 1.54) is 0 Å². The zero-order valence-electron chi connectivity index (χ0n) is 9.71. The van der Waals surface area contributed by atoms with Gasteiger partial charge < -0.3 is 16.0 Å². The average molecular weight is 201 g/mol. The van der Waals surface area contributed by atoms with Crippen LogP contribution in [0.15, 0.2) is 0 Å². The van der Waals surface area contributed by atoms with Gasteiger partial charge in [-0.15, -0.1) is 0 Å². The predicted molar refractivity (Wildman–Crippen MR) is 59.0 cm³/mol. The molecule has 0 aliphatic rings. The summed E-state index contributed by atoms with van der Waals surface area (Å²) < 4.78 is 0. The third-order valence-electron chi connectivity index (χ3n) is 2.30. The molecule has 4 heteroatoms. The number of nitrogens with two attached hydrogens (primary N) is 1. The molecule has 0 unspecified atom stereocenters. The van der Waals surface area contributed by atoms with Crippen LogP contribution in [0.4, 0.5) is 0 Å². The molecular formula is C10H23N3O. The second-order valence-electron chi connectivity index (χ2n) is 3.99. The number of carbonyl (C=O) groups excluding carboxylic acids is 1. The van der Waals surface area contributed by atoms with E-state index < -0.39 is 0 Å². The van der Waals surface area contributed by atoms with Crippen LogP contribution in [0.3, 0.4) is 0 Å². The lowest BCUT2D eigenvalue weighted by molar-refractivity contribution is -0.132. The first-order valence-corrected chi connectivity index (χ1v) is 5.15. The number of hydrogen-bond donors (Lipinski definition) is 2. The van der Waals surface area contributed by atoms with E-state index >= 15 is 0 Å². The second kappa shape index (κ2) is 6.79. The third kappa shape index (κ3) is 4.58. The van der Waals surface area contributed by atoms with Crippen molar-refractivity contribution in [3.05, 3.63) is 0 Å². The van der Waals surface area contributed by atoms with E-state index in [4.69, 9.17) is 5.73 Å². The van der Waals surface area contributed by atoms with Crippen LogP contribution in [-0.2, 0) is 4.79 Å². The molecule has 0 aromatic rings. The minimum Gasteiger partial charge on any atom is -0.344 e. The summed E-state index contributed by atoms with van der Waals surface area (Å²) in [6.07, 6.45) is 0.962. The molecule has 0 aromatic heterocycles. The molecule has 84 valence electrons. The Balaban J connectivity index is 3.86. The molecule has 14 heavy (non-hydrogen) atoms. The molecule has 1 amide bonds. The van der Waals surface area contributed by atoms with Crippen LogP contribution in [0.1, 0.15) is 20.3 Å². The van der Waals surface area contributed by atoms with Crippen molar-refractivity contribution in [3.63, 3.8) is 0 Å². The molecule has 1 atom stereocenters. The van der Waals surface area contributed by atoms with Crippen LogP contribution in [0.5, 0.6) is 0 Å². The Labute approximate surface area is 86.8 Å². The Bertz CT molecular complexity index is 171. The predicted octanol–water partition coefficient (Wildman–Crippen LogP) is 0.0376. The summed E-state index contributed by atoms with van der Waals surface area (Å²) in [6.45, 7) is 5.61. The van der Waals surface area contributed by atoms with Gasteiger partial charge in [0.25, 0.3) is 0 Å². The van der Waals surface area contributed by atoms with Crippen LogP contribution in [-0.4, -0.2) is 44.0 Å². The molecule has 0 aliphatic heterocycles. The second-order valence-corrected chi connectivity index (χ2v) is 3.99. The average Bonchev–Trinajstić information content (AvgIpc) is 2.15. The Morgan fingerprint density at radius 1 is 1.50 bits per heavy atom. The fourth-order valence-electron chi connectivity index (χ4n) is 1.14. The van der Waals surface area contributed by atoms with Crippen LogP contribution in [0.2, 0.25) is 0 Å². The van der Waals surface area contributed by atoms with E-state index in [1.54, 1.807) is 11.9 Å². The first-order valence-electron chi connectivity index (χ1n) is 5.15. The maximum atomic E-state index is 11.7. The summed E-state index contributed by atoms with van der Waals surface area (Å²) in [7, 11) is 3.71. The summed E-state index contributed by atoms with van der Waals surface area (Å²) in [6, 6.07) is -0.366. The fraction of sp³-hybridized carbons (Fsp3) is 0.900. The number of amides is 1. The lowest BCUT2D eigenvalue weighted by atomic mass is 10.0. The zero-order valence-corrected chi connectivity index (χ0v) is 9.71. The Morgan fingerprint density at radius 3 is 2.50 bits per heavy atom. The minimum absolute atomic E-state index is 0.0381. The van der Waals surface area contributed by atoms with Crippen LogP contribution < -0.4 is 11.1 Å². The normalized spacial score (nSPS) is 13.0. The maximum absolute atomic E-state index is 11.7. The Kier molecular flexibility index (Phi) is 6.49. The van der Waals surface area contributed by atoms with Gasteiger partial charge in [-0.25, -0.2) is 0 Å². The molecule has 0 fully saturated rings. The fourth-order valence-corrected chi connectivity index (χ4v) is 1.14. The van der Waals surface area contributed by atoms with Gasteiger partial charge in [-0.1, -0.05) is 13.8 Å². The minimum atomic E-state index is -0.366. The molecule has 0 saturated heterocycles. The molecule has 0 spiro atoms. The van der Waals surface area contributed by atoms with Gasteiger partial charge in [0.05, 0.1) is 6.04 Å². The zero-order chi connectivity index (χ0) is 11.1. The van der Waals surface area contributed by atoms with E-state index in [0.717, 1.165) is 19.5 Å². The summed E-state index contributed by atoms with van der Waals surface area (Å²) in [5.41, 5.74) is 5.76. The summed E-state index contributed by atoms with van der Waals surface area (Å²) in [5, 5.41) is 3.04. The van der Waals surface area contributed by atoms with Crippen LogP contribution >= 0.6 is 0 Å². The van der Waals surface area contributed by atoms with Gasteiger partial charge in [0, 0.05) is 13.6 Å². The molecule has 3 N–H and O–H groups in total. The lowest BCUT2D eigenvalue weighted by Gasteiger charge is -2.23. The van der Waals surface area contributed by atoms with Gasteiger partial charge in [-0.3, -0.25) is 4.79 Å². The molecule has 4 nitrogen and oxygen atoms in total. The van der Waals surface area contributed by atoms with Crippen molar-refractivity contribution in [2.45, 2.75) is 26.3 Å². The number of hydrogen-bond acceptors (Lipinski definition) is 3. The van der Waals surface area contributed by atoms with Crippen molar-refractivity contribution in [1.29, 1.82) is 0 Å². The van der Waals surface area contributed by atoms with Crippen molar-refractivity contribution in [1.82, 2.24) is 10.2 Å². The van der Waals surface area contributed by atoms with E-state index in [2.05, 4.69) is 5.32 Å². The van der Waals surface area contributed by atoms with E-state index in [-0.39, 0.29) is 17.9 Å². The van der Waals surface area contributed by atoms with Crippen molar-refractivity contribution < 1.29 is 4.79 Å². The first-order chi connectivity index (χ1) is 6.50. The third-order valence-corrected chi connectivity index (χ3v) is 2.30. The SMILES string of the molecule is CNCCCN(C)C(=O)[C@@H](N)C(C)C. The largest absolute Gasteiger partial charge is 0.344 e. The van der Waals surface area contributed by atoms with E-state index in [1.807, 2.05) is 20.9 Å². The van der Waals surface area contributed by atoms with Crippen molar-refractivity contribution >= 4 is 5.91 Å². The van der Waals surface area contributed by atoms with Gasteiger partial charge in [-0.05, 0) is 25.9 Å². The monoisotopic (exact) mass is 201 g/mol. The highest BCUT2D eigenvalue weighted by atomic mass is 16.2. The highest BCUT2D eigenvalue weighted by molar-refractivity contribution is 5.81. The number of carbonyl (C=O) groups is 1. The molecule has 0 rings (SSSR count). The quantitative estimate of drug-likeness (QED) is 0.596. The number of rotatable bonds is 6. The lowest BCUT2D eigenvalue weighted by Crippen LogP contribution is -2.45. The molecule has 0 radical (unpaired) electrons. The first kappa shape index (κ1) is 13.4. The number of nitrogens with zero attached hydrogens (tertiary/aromatic N) is 1. The molecule has 0 heterocycles. The summed E-state index contributed by atoms with van der Waals surface area (Å²) in [4.78, 5) is 13.4. The number of likely N-dealkylation sites (N-methyl/N-ethyl adjacent to an activating group) is 1. The number of nitrogens with one attached hydrogen (secondary N) is 1. The van der Waals surface area contributed by atoms with Crippen LogP contribution in [0, 0.1) is 5.92 Å². The van der Waals surface area contributed by atoms with Crippen molar-refractivity contribution in [2.24, 2.45) is 11.7 Å². The van der Waals surface area contributed by atoms with Gasteiger partial charge in [0.15, 0.2) is 0 Å². The standard InChI is InChI=1S/C10H23N3O/c1-8(2)9(11)10(14)13(4)7-5-6-12-3/h8-9,12H,5-7,11H2,1-4H3/t9-/m0/s1. The van der Waals surface area contributed by atoms with Gasteiger partial charge in [0.2, 0.25) is 5.91 Å². The van der Waals surface area contributed by atoms with Gasteiger partial charge in [0.1, 0.15) is 0 Å². The van der Waals surface area contributed by atoms with Crippen LogP contribution in [0.25, 0.3) is 0 Å². The smallest absolute Gasteiger partial charge is 0.239 e. The molecular weight excluding hydrogens is 178 g/mol.